The Morgan fingerprint density at radius 1 is 1.05 bits per heavy atom. The molecule has 2 aliphatic rings. The largest absolute Gasteiger partial charge is 0.493 e. The quantitative estimate of drug-likeness (QED) is 0.373. The van der Waals surface area contributed by atoms with Gasteiger partial charge in [0.15, 0.2) is 0 Å². The molecule has 2 heterocycles. The van der Waals surface area contributed by atoms with Gasteiger partial charge in [-0.15, -0.1) is 0 Å². The maximum absolute atomic E-state index is 14.5. The molecule has 3 amide bonds. The van der Waals surface area contributed by atoms with Gasteiger partial charge in [-0.1, -0.05) is 47.5 Å². The number of carbonyl (C=O) groups excluding carboxylic acids is 2. The molecule has 210 valence electrons. The minimum Gasteiger partial charge on any atom is -0.493 e. The zero-order chi connectivity index (χ0) is 29.1. The summed E-state index contributed by atoms with van der Waals surface area (Å²) in [6.45, 7) is 2.92. The lowest BCUT2D eigenvalue weighted by Gasteiger charge is -2.37. The summed E-state index contributed by atoms with van der Waals surface area (Å²) >= 11 is 12.5. The van der Waals surface area contributed by atoms with Crippen molar-refractivity contribution in [2.24, 2.45) is 16.6 Å². The highest BCUT2D eigenvalue weighted by atomic mass is 35.5. The van der Waals surface area contributed by atoms with E-state index in [-0.39, 0.29) is 12.6 Å². The Balaban J connectivity index is 1.69. The van der Waals surface area contributed by atoms with Crippen LogP contribution in [0.4, 0.5) is 4.79 Å². The molecule has 1 unspecified atom stereocenters. The summed E-state index contributed by atoms with van der Waals surface area (Å²) in [6, 6.07) is 20.6. The third-order valence-electron chi connectivity index (χ3n) is 7.44. The predicted molar refractivity (Wildman–Crippen MR) is 158 cm³/mol. The number of benzene rings is 3. The molecule has 10 heteroatoms. The monoisotopic (exact) mass is 589 g/mol. The number of hydrogen-bond donors (Lipinski definition) is 1. The third kappa shape index (κ3) is 5.88. The Kier molecular flexibility index (Phi) is 8.48. The lowest BCUT2D eigenvalue weighted by molar-refractivity contribution is -0.123. The fourth-order valence-electron chi connectivity index (χ4n) is 5.44. The van der Waals surface area contributed by atoms with Gasteiger partial charge in [-0.05, 0) is 73.4 Å². The smallest absolute Gasteiger partial charge is 0.326 e. The second kappa shape index (κ2) is 12.2. The van der Waals surface area contributed by atoms with Gasteiger partial charge in [0.2, 0.25) is 5.91 Å². The molecule has 8 nitrogen and oxygen atoms in total. The standard InChI is InChI=1S/C31H29Cl2N5O3/c1-2-41-26-16-19(17-34)5-14-25(26)30-36-27(20-6-10-23(32)11-7-20)28(21-8-12-24(33)13-9-21)38(30)31(40)37-15-3-4-22(18-37)29(35)39/h5-14,16,22,27-28H,2-4,15,18H2,1H3,(H2,35,39)/t22?,27-,28+/m0/s1. The highest BCUT2D eigenvalue weighted by Gasteiger charge is 2.45. The molecular formula is C31H29Cl2N5O3. The van der Waals surface area contributed by atoms with Crippen LogP contribution in [-0.2, 0) is 4.79 Å². The van der Waals surface area contributed by atoms with Crippen molar-refractivity contribution in [3.05, 3.63) is 99.0 Å². The maximum atomic E-state index is 14.5. The minimum atomic E-state index is -0.546. The zero-order valence-corrected chi connectivity index (χ0v) is 24.0. The zero-order valence-electron chi connectivity index (χ0n) is 22.5. The number of hydrogen-bond acceptors (Lipinski definition) is 5. The second-order valence-corrected chi connectivity index (χ2v) is 10.9. The number of amidine groups is 1. The van der Waals surface area contributed by atoms with Gasteiger partial charge in [0, 0.05) is 23.1 Å². The van der Waals surface area contributed by atoms with E-state index in [9.17, 15) is 14.9 Å². The van der Waals surface area contributed by atoms with Crippen LogP contribution < -0.4 is 10.5 Å². The van der Waals surface area contributed by atoms with Crippen molar-refractivity contribution < 1.29 is 14.3 Å². The van der Waals surface area contributed by atoms with Crippen molar-refractivity contribution in [1.82, 2.24) is 9.80 Å². The number of amides is 3. The van der Waals surface area contributed by atoms with E-state index in [2.05, 4.69) is 6.07 Å². The van der Waals surface area contributed by atoms with Crippen molar-refractivity contribution in [1.29, 1.82) is 5.26 Å². The number of nitrogens with zero attached hydrogens (tertiary/aromatic N) is 4. The number of likely N-dealkylation sites (tertiary alicyclic amines) is 1. The van der Waals surface area contributed by atoms with E-state index in [1.54, 1.807) is 52.3 Å². The van der Waals surface area contributed by atoms with Gasteiger partial charge in [0.1, 0.15) is 17.6 Å². The van der Waals surface area contributed by atoms with Gasteiger partial charge in [0.25, 0.3) is 0 Å². The number of nitriles is 1. The summed E-state index contributed by atoms with van der Waals surface area (Å²) in [5.74, 6) is 0.00914. The van der Waals surface area contributed by atoms with E-state index in [1.165, 1.54) is 0 Å². The molecule has 0 aromatic heterocycles. The molecule has 0 bridgehead atoms. The summed E-state index contributed by atoms with van der Waals surface area (Å²) in [5, 5.41) is 10.7. The van der Waals surface area contributed by atoms with E-state index in [1.807, 2.05) is 31.2 Å². The van der Waals surface area contributed by atoms with Gasteiger partial charge >= 0.3 is 6.03 Å². The average molecular weight is 591 g/mol. The highest BCUT2D eigenvalue weighted by molar-refractivity contribution is 6.30. The molecule has 1 saturated heterocycles. The van der Waals surface area contributed by atoms with Gasteiger partial charge < -0.3 is 15.4 Å². The van der Waals surface area contributed by atoms with E-state index >= 15 is 0 Å². The maximum Gasteiger partial charge on any atom is 0.326 e. The number of piperidine rings is 1. The van der Waals surface area contributed by atoms with Crippen molar-refractivity contribution in [2.75, 3.05) is 19.7 Å². The number of rotatable bonds is 6. The SMILES string of the molecule is CCOc1cc(C#N)ccc1C1=N[C@@H](c2ccc(Cl)cc2)[C@@H](c2ccc(Cl)cc2)N1C(=O)N1CCCC(C(N)=O)C1. The third-order valence-corrected chi connectivity index (χ3v) is 7.95. The molecule has 0 saturated carbocycles. The summed E-state index contributed by atoms with van der Waals surface area (Å²) in [4.78, 5) is 35.1. The molecule has 2 N–H and O–H groups in total. The number of urea groups is 1. The number of primary amides is 1. The van der Waals surface area contributed by atoms with E-state index < -0.39 is 23.9 Å². The lowest BCUT2D eigenvalue weighted by atomic mass is 9.93. The highest BCUT2D eigenvalue weighted by Crippen LogP contribution is 2.45. The van der Waals surface area contributed by atoms with Crippen LogP contribution in [0.2, 0.25) is 10.0 Å². The molecule has 2 aliphatic heterocycles. The van der Waals surface area contributed by atoms with Crippen LogP contribution in [0, 0.1) is 17.2 Å². The van der Waals surface area contributed by atoms with Gasteiger partial charge in [0.05, 0.1) is 35.8 Å². The number of carbonyl (C=O) groups is 2. The Hall–Kier alpha value is -4.06. The number of halogens is 2. The van der Waals surface area contributed by atoms with Crippen LogP contribution in [0.25, 0.3) is 0 Å². The lowest BCUT2D eigenvalue weighted by Crippen LogP contribution is -2.51. The van der Waals surface area contributed by atoms with Crippen LogP contribution in [0.3, 0.4) is 0 Å². The topological polar surface area (TPSA) is 112 Å². The molecule has 1 fully saturated rings. The molecule has 0 aliphatic carbocycles. The summed E-state index contributed by atoms with van der Waals surface area (Å²) in [5.41, 5.74) is 8.35. The van der Waals surface area contributed by atoms with Gasteiger partial charge in [-0.2, -0.15) is 5.26 Å². The fraction of sp³-hybridized carbons (Fsp3) is 0.290. The first-order chi connectivity index (χ1) is 19.8. The first-order valence-electron chi connectivity index (χ1n) is 13.4. The van der Waals surface area contributed by atoms with Gasteiger partial charge in [-0.25, -0.2) is 4.79 Å². The second-order valence-electron chi connectivity index (χ2n) is 10.0. The molecule has 3 aromatic rings. The van der Waals surface area contributed by atoms with Crippen LogP contribution in [0.5, 0.6) is 5.75 Å². The molecule has 3 aromatic carbocycles. The van der Waals surface area contributed by atoms with E-state index in [0.717, 1.165) is 11.1 Å². The first kappa shape index (κ1) is 28.5. The average Bonchev–Trinajstić information content (AvgIpc) is 3.38. The molecule has 41 heavy (non-hydrogen) atoms. The van der Waals surface area contributed by atoms with Crippen molar-refractivity contribution in [3.63, 3.8) is 0 Å². The number of ether oxygens (including phenoxy) is 1. The molecule has 0 spiro atoms. The van der Waals surface area contributed by atoms with E-state index in [4.69, 9.17) is 38.7 Å². The minimum absolute atomic E-state index is 0.225. The molecule has 0 radical (unpaired) electrons. The Morgan fingerprint density at radius 3 is 2.32 bits per heavy atom. The molecule has 5 rings (SSSR count). The van der Waals surface area contributed by atoms with Crippen LogP contribution >= 0.6 is 23.2 Å². The predicted octanol–water partition coefficient (Wildman–Crippen LogP) is 6.13. The van der Waals surface area contributed by atoms with Gasteiger partial charge in [-0.3, -0.25) is 14.7 Å². The Bertz CT molecular complexity index is 1520. The van der Waals surface area contributed by atoms with Crippen LogP contribution in [-0.4, -0.2) is 47.3 Å². The fourth-order valence-corrected chi connectivity index (χ4v) is 5.69. The van der Waals surface area contributed by atoms with Crippen LogP contribution in [0.15, 0.2) is 71.7 Å². The molecule has 3 atom stereocenters. The summed E-state index contributed by atoms with van der Waals surface area (Å²) in [7, 11) is 0. The van der Waals surface area contributed by atoms with Crippen molar-refractivity contribution >= 4 is 41.0 Å². The van der Waals surface area contributed by atoms with Crippen LogP contribution in [0.1, 0.15) is 54.1 Å². The number of nitrogens with two attached hydrogens (primary N) is 1. The summed E-state index contributed by atoms with van der Waals surface area (Å²) < 4.78 is 5.95. The number of aliphatic imine (C=N–C) groups is 1. The first-order valence-corrected chi connectivity index (χ1v) is 14.2. The van der Waals surface area contributed by atoms with E-state index in [0.29, 0.717) is 58.8 Å². The molecular weight excluding hydrogens is 561 g/mol. The normalized spacial score (nSPS) is 20.3. The van der Waals surface area contributed by atoms with Crippen molar-refractivity contribution in [2.45, 2.75) is 31.8 Å². The summed E-state index contributed by atoms with van der Waals surface area (Å²) in [6.07, 6.45) is 1.30. The Morgan fingerprint density at radius 2 is 1.71 bits per heavy atom. The Labute approximate surface area is 248 Å². The van der Waals surface area contributed by atoms with Crippen molar-refractivity contribution in [3.8, 4) is 11.8 Å².